The molecule has 0 saturated heterocycles. The Balaban J connectivity index is 1.49. The van der Waals surface area contributed by atoms with Crippen LogP contribution in [-0.4, -0.2) is 65.8 Å². The summed E-state index contributed by atoms with van der Waals surface area (Å²) in [6, 6.07) is 26.2. The molecule has 1 aromatic heterocycles. The first-order valence-corrected chi connectivity index (χ1v) is 17.2. The lowest BCUT2D eigenvalue weighted by Gasteiger charge is -2.40. The topological polar surface area (TPSA) is 130 Å². The van der Waals surface area contributed by atoms with E-state index < -0.39 is 23.6 Å². The van der Waals surface area contributed by atoms with Gasteiger partial charge in [0.25, 0.3) is 0 Å². The molecule has 0 saturated carbocycles. The standard InChI is InChI=1S/C40H34FN3O8S/c1-48-33-15-13-27(22-30(33)41)40(44(39(46)47)17-16-25-10-7-9-24-8-5-6-11-28(24)25)29(18-23-19-34(49-2)37(51-4)35(20-23)50-3)36(38(45)52-40)26-12-14-31-32(21-26)43-53-42-31/h5-15,19-22H,16-18H2,1-4H3,(H,46,47). The van der Waals surface area contributed by atoms with Crippen LogP contribution in [0.5, 0.6) is 23.0 Å². The fraction of sp³-hybridized carbons (Fsp3) is 0.200. The van der Waals surface area contributed by atoms with Crippen LogP contribution in [0.4, 0.5) is 9.18 Å². The smallest absolute Gasteiger partial charge is 0.410 e. The molecule has 13 heteroatoms. The maximum Gasteiger partial charge on any atom is 0.410 e. The zero-order valence-electron chi connectivity index (χ0n) is 29.2. The zero-order chi connectivity index (χ0) is 37.3. The third-order valence-electron chi connectivity index (χ3n) is 9.44. The van der Waals surface area contributed by atoms with Gasteiger partial charge in [-0.1, -0.05) is 48.5 Å². The molecular formula is C40H34FN3O8S. The lowest BCUT2D eigenvalue weighted by atomic mass is 9.84. The monoisotopic (exact) mass is 735 g/mol. The fourth-order valence-electron chi connectivity index (χ4n) is 7.03. The predicted molar refractivity (Wildman–Crippen MR) is 197 cm³/mol. The van der Waals surface area contributed by atoms with E-state index in [9.17, 15) is 14.7 Å². The van der Waals surface area contributed by atoms with Crippen LogP contribution in [0.3, 0.4) is 0 Å². The SMILES string of the molecule is COc1ccc(C2(N(CCc3cccc4ccccc34)C(=O)O)OC(=O)C(c3ccc4nsnc4c3)=C2Cc2cc(OC)c(OC)c(OC)c2)cc1F. The normalized spacial score (nSPS) is 15.5. The number of nitrogens with zero attached hydrogens (tertiary/aromatic N) is 3. The Hall–Kier alpha value is -6.21. The minimum Gasteiger partial charge on any atom is -0.494 e. The van der Waals surface area contributed by atoms with Crippen molar-refractivity contribution in [2.45, 2.75) is 18.6 Å². The summed E-state index contributed by atoms with van der Waals surface area (Å²) >= 11 is 1.02. The number of ether oxygens (including phenoxy) is 5. The van der Waals surface area contributed by atoms with Crippen LogP contribution in [-0.2, 0) is 28.1 Å². The number of cyclic esters (lactones) is 1. The number of carbonyl (C=O) groups is 2. The number of aromatic nitrogens is 2. The molecule has 0 radical (unpaired) electrons. The average molecular weight is 736 g/mol. The van der Waals surface area contributed by atoms with Gasteiger partial charge in [-0.05, 0) is 76.3 Å². The van der Waals surface area contributed by atoms with Gasteiger partial charge < -0.3 is 28.8 Å². The number of methoxy groups -OCH3 is 4. The van der Waals surface area contributed by atoms with Crippen LogP contribution in [0.15, 0.2) is 96.6 Å². The predicted octanol–water partition coefficient (Wildman–Crippen LogP) is 7.65. The van der Waals surface area contributed by atoms with Gasteiger partial charge in [0.2, 0.25) is 11.5 Å². The number of carboxylic acid groups (broad SMARTS) is 1. The van der Waals surface area contributed by atoms with Crippen LogP contribution in [0.25, 0.3) is 27.4 Å². The molecule has 0 bridgehead atoms. The van der Waals surface area contributed by atoms with Crippen LogP contribution in [0.1, 0.15) is 22.3 Å². The highest BCUT2D eigenvalue weighted by atomic mass is 32.1. The molecule has 1 N–H and O–H groups in total. The number of fused-ring (bicyclic) bond motifs is 2. The second-order valence-corrected chi connectivity index (χ2v) is 12.8. The zero-order valence-corrected chi connectivity index (χ0v) is 30.0. The van der Waals surface area contributed by atoms with Crippen LogP contribution >= 0.6 is 11.7 Å². The van der Waals surface area contributed by atoms with Gasteiger partial charge in [0, 0.05) is 24.1 Å². The molecule has 11 nitrogen and oxygen atoms in total. The summed E-state index contributed by atoms with van der Waals surface area (Å²) in [6.07, 6.45) is -1.21. The van der Waals surface area contributed by atoms with Crippen molar-refractivity contribution in [2.75, 3.05) is 35.0 Å². The molecule has 6 aromatic rings. The molecule has 1 aliphatic rings. The number of halogens is 1. The van der Waals surface area contributed by atoms with Crippen molar-refractivity contribution < 1.29 is 42.8 Å². The van der Waals surface area contributed by atoms with E-state index in [0.29, 0.717) is 39.4 Å². The Morgan fingerprint density at radius 2 is 1.57 bits per heavy atom. The first-order chi connectivity index (χ1) is 25.7. The summed E-state index contributed by atoms with van der Waals surface area (Å²) in [5.74, 6) is -0.604. The molecule has 0 aliphatic carbocycles. The van der Waals surface area contributed by atoms with Gasteiger partial charge >= 0.3 is 12.1 Å². The van der Waals surface area contributed by atoms with Gasteiger partial charge in [-0.2, -0.15) is 8.75 Å². The molecule has 1 aliphatic heterocycles. The molecule has 1 amide bonds. The third kappa shape index (κ3) is 6.22. The van der Waals surface area contributed by atoms with Crippen molar-refractivity contribution >= 4 is 51.2 Å². The number of amides is 1. The summed E-state index contributed by atoms with van der Waals surface area (Å²) in [4.78, 5) is 29.2. The molecule has 1 atom stereocenters. The number of benzene rings is 5. The quantitative estimate of drug-likeness (QED) is 0.125. The molecule has 270 valence electrons. The van der Waals surface area contributed by atoms with Crippen molar-refractivity contribution in [2.24, 2.45) is 0 Å². The summed E-state index contributed by atoms with van der Waals surface area (Å²) in [7, 11) is 5.77. The van der Waals surface area contributed by atoms with Crippen LogP contribution in [0, 0.1) is 5.82 Å². The first kappa shape index (κ1) is 35.2. The van der Waals surface area contributed by atoms with Gasteiger partial charge in [0.1, 0.15) is 11.0 Å². The summed E-state index contributed by atoms with van der Waals surface area (Å²) in [5, 5.41) is 13.1. The van der Waals surface area contributed by atoms with E-state index in [1.807, 2.05) is 42.5 Å². The fourth-order valence-corrected chi connectivity index (χ4v) is 7.55. The molecule has 53 heavy (non-hydrogen) atoms. The Labute approximate surface area is 308 Å². The minimum atomic E-state index is -2.15. The van der Waals surface area contributed by atoms with Gasteiger partial charge in [0.05, 0.1) is 45.7 Å². The van der Waals surface area contributed by atoms with E-state index in [-0.39, 0.29) is 41.8 Å². The summed E-state index contributed by atoms with van der Waals surface area (Å²) in [6.45, 7) is -0.134. The lowest BCUT2D eigenvalue weighted by Crippen LogP contribution is -2.52. The van der Waals surface area contributed by atoms with E-state index in [1.165, 1.54) is 40.6 Å². The Morgan fingerprint density at radius 1 is 0.849 bits per heavy atom. The van der Waals surface area contributed by atoms with Crippen LogP contribution in [0.2, 0.25) is 0 Å². The second kappa shape index (κ2) is 14.4. The second-order valence-electron chi connectivity index (χ2n) is 12.2. The Kier molecular flexibility index (Phi) is 9.58. The van der Waals surface area contributed by atoms with Crippen LogP contribution < -0.4 is 18.9 Å². The van der Waals surface area contributed by atoms with Crippen molar-refractivity contribution in [3.63, 3.8) is 0 Å². The van der Waals surface area contributed by atoms with Crippen molar-refractivity contribution in [3.05, 3.63) is 125 Å². The summed E-state index contributed by atoms with van der Waals surface area (Å²) < 4.78 is 52.8. The Bertz CT molecular complexity index is 2380. The highest BCUT2D eigenvalue weighted by molar-refractivity contribution is 7.00. The highest BCUT2D eigenvalue weighted by Gasteiger charge is 2.55. The Morgan fingerprint density at radius 3 is 2.26 bits per heavy atom. The molecule has 2 heterocycles. The molecule has 5 aromatic carbocycles. The first-order valence-electron chi connectivity index (χ1n) is 16.5. The van der Waals surface area contributed by atoms with E-state index in [4.69, 9.17) is 23.7 Å². The van der Waals surface area contributed by atoms with E-state index in [1.54, 1.807) is 30.3 Å². The summed E-state index contributed by atoms with van der Waals surface area (Å²) in [5.41, 5.74) is 1.30. The lowest BCUT2D eigenvalue weighted by molar-refractivity contribution is -0.161. The van der Waals surface area contributed by atoms with Gasteiger partial charge in [-0.25, -0.2) is 14.0 Å². The number of esters is 1. The minimum absolute atomic E-state index is 0.0587. The van der Waals surface area contributed by atoms with Gasteiger partial charge in [0.15, 0.2) is 23.1 Å². The van der Waals surface area contributed by atoms with E-state index in [2.05, 4.69) is 8.75 Å². The number of carbonyl (C=O) groups excluding carboxylic acids is 1. The molecular weight excluding hydrogens is 702 g/mol. The van der Waals surface area contributed by atoms with Gasteiger partial charge in [-0.3, -0.25) is 4.90 Å². The molecule has 7 rings (SSSR count). The van der Waals surface area contributed by atoms with E-state index >= 15 is 4.39 Å². The highest BCUT2D eigenvalue weighted by Crippen LogP contribution is 2.50. The number of rotatable bonds is 12. The van der Waals surface area contributed by atoms with Gasteiger partial charge in [-0.15, -0.1) is 0 Å². The maximum absolute atomic E-state index is 15.7. The third-order valence-corrected chi connectivity index (χ3v) is 10.00. The molecule has 1 unspecified atom stereocenters. The van der Waals surface area contributed by atoms with Crippen molar-refractivity contribution in [1.29, 1.82) is 0 Å². The number of hydrogen-bond acceptors (Lipinski definition) is 10. The molecule has 0 fully saturated rings. The van der Waals surface area contributed by atoms with E-state index in [0.717, 1.165) is 39.0 Å². The maximum atomic E-state index is 15.7. The van der Waals surface area contributed by atoms with Crippen molar-refractivity contribution in [1.82, 2.24) is 13.6 Å². The largest absolute Gasteiger partial charge is 0.494 e. The molecule has 0 spiro atoms. The number of hydrogen-bond donors (Lipinski definition) is 1. The van der Waals surface area contributed by atoms with Crippen molar-refractivity contribution in [3.8, 4) is 23.0 Å². The average Bonchev–Trinajstić information content (AvgIpc) is 3.76.